The van der Waals surface area contributed by atoms with Gasteiger partial charge in [0.15, 0.2) is 0 Å². The molecule has 0 bridgehead atoms. The fourth-order valence-electron chi connectivity index (χ4n) is 7.74. The van der Waals surface area contributed by atoms with Crippen molar-refractivity contribution < 1.29 is 14.6 Å². The number of hydrogen-bond donors (Lipinski definition) is 1. The van der Waals surface area contributed by atoms with Gasteiger partial charge in [-0.05, 0) is 118 Å². The number of aliphatic hydroxyl groups excluding tert-OH is 1. The number of rotatable bonds is 8. The van der Waals surface area contributed by atoms with Crippen molar-refractivity contribution in [1.29, 1.82) is 0 Å². The van der Waals surface area contributed by atoms with Crippen molar-refractivity contribution in [3.63, 3.8) is 0 Å². The Kier molecular flexibility index (Phi) is 9.84. The molecule has 0 radical (unpaired) electrons. The van der Waals surface area contributed by atoms with E-state index in [1.807, 2.05) is 17.5 Å². The number of ether oxygens (including phenoxy) is 1. The summed E-state index contributed by atoms with van der Waals surface area (Å²) in [6.45, 7) is 2.89. The number of aromatic nitrogens is 1. The molecule has 5 nitrogen and oxygen atoms in total. The van der Waals surface area contributed by atoms with E-state index in [9.17, 15) is 9.90 Å². The van der Waals surface area contributed by atoms with Crippen LogP contribution in [0.15, 0.2) is 48.7 Å². The first-order chi connectivity index (χ1) is 21.0. The largest absolute Gasteiger partial charge is 0.496 e. The number of carbonyl (C=O) groups is 1. The van der Waals surface area contributed by atoms with E-state index in [0.29, 0.717) is 17.8 Å². The van der Waals surface area contributed by atoms with E-state index >= 15 is 0 Å². The van der Waals surface area contributed by atoms with Crippen LogP contribution in [0.25, 0.3) is 10.4 Å². The van der Waals surface area contributed by atoms with Crippen LogP contribution in [0, 0.1) is 18.8 Å². The highest BCUT2D eigenvalue weighted by molar-refractivity contribution is 7.15. The van der Waals surface area contributed by atoms with Gasteiger partial charge in [-0.15, -0.1) is 11.3 Å². The molecule has 0 saturated heterocycles. The molecule has 1 N–H and O–H groups in total. The summed E-state index contributed by atoms with van der Waals surface area (Å²) in [5.41, 5.74) is 4.78. The van der Waals surface area contributed by atoms with Gasteiger partial charge in [-0.2, -0.15) is 0 Å². The van der Waals surface area contributed by atoms with Gasteiger partial charge in [-0.3, -0.25) is 4.79 Å². The zero-order chi connectivity index (χ0) is 29.8. The summed E-state index contributed by atoms with van der Waals surface area (Å²) in [6, 6.07) is 15.2. The number of benzene rings is 2. The van der Waals surface area contributed by atoms with E-state index in [2.05, 4.69) is 54.3 Å². The van der Waals surface area contributed by atoms with Gasteiger partial charge in [0.2, 0.25) is 5.91 Å². The average Bonchev–Trinajstić information content (AvgIpc) is 3.55. The molecule has 1 aromatic heterocycles. The second-order valence-electron chi connectivity index (χ2n) is 13.3. The second kappa shape index (κ2) is 13.9. The van der Waals surface area contributed by atoms with Crippen LogP contribution in [0.1, 0.15) is 111 Å². The Labute approximate surface area is 261 Å². The fourth-order valence-corrected chi connectivity index (χ4v) is 8.83. The van der Waals surface area contributed by atoms with Crippen molar-refractivity contribution in [1.82, 2.24) is 4.98 Å². The topological polar surface area (TPSA) is 62.7 Å². The van der Waals surface area contributed by atoms with Crippen LogP contribution in [-0.2, 0) is 4.79 Å². The summed E-state index contributed by atoms with van der Waals surface area (Å²) < 4.78 is 5.48. The summed E-state index contributed by atoms with van der Waals surface area (Å²) in [7, 11) is 1.73. The lowest BCUT2D eigenvalue weighted by Gasteiger charge is -2.36. The monoisotopic (exact) mass is 600 g/mol. The lowest BCUT2D eigenvalue weighted by molar-refractivity contribution is -0.124. The molecule has 6 heteroatoms. The first-order valence-electron chi connectivity index (χ1n) is 16.7. The Hall–Kier alpha value is -2.70. The molecule has 230 valence electrons. The number of methoxy groups -OCH3 is 1. The minimum absolute atomic E-state index is 0.00743. The number of carbonyl (C=O) groups excluding carboxylic acids is 1. The third-order valence-electron chi connectivity index (χ3n) is 10.4. The molecule has 0 spiro atoms. The van der Waals surface area contributed by atoms with Crippen LogP contribution in [0.3, 0.4) is 0 Å². The maximum atomic E-state index is 14.1. The van der Waals surface area contributed by atoms with Crippen molar-refractivity contribution >= 4 is 22.9 Å². The SMILES string of the molecule is COc1ccc([C@H]2CC[C@H](CN(c3cccc(-c4cnc(C5CCCCC5)s4)c3)C(=O)[C@H]3CC[C@H](O)CC3)CC2)cc1C. The second-order valence-corrected chi connectivity index (χ2v) is 14.4. The first-order valence-corrected chi connectivity index (χ1v) is 17.5. The van der Waals surface area contributed by atoms with E-state index in [1.54, 1.807) is 7.11 Å². The summed E-state index contributed by atoms with van der Waals surface area (Å²) in [5, 5.41) is 11.4. The van der Waals surface area contributed by atoms with Gasteiger partial charge in [0.1, 0.15) is 5.75 Å². The standard InChI is InChI=1S/C37H48N2O3S/c1-25-21-30(17-20-34(25)42-2)27-13-11-26(12-14-27)24-39(37(41)29-15-18-33(40)19-16-29)32-10-6-9-31(22-32)35-23-38-36(43-35)28-7-4-3-5-8-28/h6,9-10,17,20-23,26-29,33,40H,3-5,7-8,11-16,18-19,24H2,1-2H3/t26-,27-,29-,33-. The number of thiazole rings is 1. The summed E-state index contributed by atoms with van der Waals surface area (Å²) in [5.74, 6) is 2.84. The van der Waals surface area contributed by atoms with Crippen molar-refractivity contribution in [3.8, 4) is 16.2 Å². The number of aryl methyl sites for hydroxylation is 1. The molecular formula is C37H48N2O3S. The van der Waals surface area contributed by atoms with E-state index in [1.165, 1.54) is 53.1 Å². The van der Waals surface area contributed by atoms with Crippen molar-refractivity contribution in [2.75, 3.05) is 18.6 Å². The van der Waals surface area contributed by atoms with Crippen LogP contribution >= 0.6 is 11.3 Å². The van der Waals surface area contributed by atoms with Gasteiger partial charge in [-0.1, -0.05) is 43.5 Å². The van der Waals surface area contributed by atoms with Gasteiger partial charge in [-0.25, -0.2) is 4.98 Å². The van der Waals surface area contributed by atoms with Gasteiger partial charge < -0.3 is 14.7 Å². The first kappa shape index (κ1) is 30.3. The molecule has 2 aromatic carbocycles. The number of amides is 1. The Morgan fingerprint density at radius 1 is 0.930 bits per heavy atom. The zero-order valence-electron chi connectivity index (χ0n) is 26.0. The molecule has 0 aliphatic heterocycles. The van der Waals surface area contributed by atoms with Crippen LogP contribution in [0.4, 0.5) is 5.69 Å². The molecular weight excluding hydrogens is 552 g/mol. The van der Waals surface area contributed by atoms with E-state index in [-0.39, 0.29) is 17.9 Å². The van der Waals surface area contributed by atoms with Gasteiger partial charge in [0.05, 0.1) is 23.1 Å². The van der Waals surface area contributed by atoms with E-state index in [0.717, 1.165) is 74.9 Å². The molecule has 3 aliphatic carbocycles. The highest BCUT2D eigenvalue weighted by Gasteiger charge is 2.32. The minimum atomic E-state index is -0.262. The molecule has 3 aromatic rings. The Morgan fingerprint density at radius 2 is 1.70 bits per heavy atom. The maximum Gasteiger partial charge on any atom is 0.230 e. The Bertz CT molecular complexity index is 1360. The van der Waals surface area contributed by atoms with Crippen molar-refractivity contribution in [3.05, 3.63) is 64.8 Å². The van der Waals surface area contributed by atoms with Crippen LogP contribution in [0.2, 0.25) is 0 Å². The number of aliphatic hydroxyl groups is 1. The van der Waals surface area contributed by atoms with Crippen LogP contribution < -0.4 is 9.64 Å². The highest BCUT2D eigenvalue weighted by Crippen LogP contribution is 2.41. The number of nitrogens with zero attached hydrogens (tertiary/aromatic N) is 2. The molecule has 0 atom stereocenters. The highest BCUT2D eigenvalue weighted by atomic mass is 32.1. The van der Waals surface area contributed by atoms with E-state index < -0.39 is 0 Å². The minimum Gasteiger partial charge on any atom is -0.496 e. The molecule has 6 rings (SSSR count). The van der Waals surface area contributed by atoms with Crippen molar-refractivity contribution in [2.45, 2.75) is 108 Å². The van der Waals surface area contributed by atoms with Crippen LogP contribution in [0.5, 0.6) is 5.75 Å². The predicted octanol–water partition coefficient (Wildman–Crippen LogP) is 9.03. The normalized spacial score (nSPS) is 24.9. The number of hydrogen-bond acceptors (Lipinski definition) is 5. The van der Waals surface area contributed by atoms with E-state index in [4.69, 9.17) is 9.72 Å². The third-order valence-corrected chi connectivity index (χ3v) is 11.6. The lowest BCUT2D eigenvalue weighted by Crippen LogP contribution is -2.41. The van der Waals surface area contributed by atoms with Gasteiger partial charge in [0, 0.05) is 30.3 Å². The van der Waals surface area contributed by atoms with Crippen LogP contribution in [-0.4, -0.2) is 35.8 Å². The molecule has 3 aliphatic rings. The molecule has 3 saturated carbocycles. The molecule has 1 heterocycles. The molecule has 1 amide bonds. The Balaban J connectivity index is 1.19. The third kappa shape index (κ3) is 7.17. The summed E-state index contributed by atoms with van der Waals surface area (Å²) in [6.07, 6.45) is 15.8. The molecule has 0 unspecified atom stereocenters. The van der Waals surface area contributed by atoms with Gasteiger partial charge in [0.25, 0.3) is 0 Å². The number of anilines is 1. The molecule has 43 heavy (non-hydrogen) atoms. The Morgan fingerprint density at radius 3 is 2.42 bits per heavy atom. The molecule has 3 fully saturated rings. The zero-order valence-corrected chi connectivity index (χ0v) is 26.8. The summed E-state index contributed by atoms with van der Waals surface area (Å²) in [4.78, 5) is 22.3. The fraction of sp³-hybridized carbons (Fsp3) is 0.568. The lowest BCUT2D eigenvalue weighted by atomic mass is 9.78. The quantitative estimate of drug-likeness (QED) is 0.280. The van der Waals surface area contributed by atoms with Gasteiger partial charge >= 0.3 is 0 Å². The average molecular weight is 601 g/mol. The smallest absolute Gasteiger partial charge is 0.230 e. The predicted molar refractivity (Wildman–Crippen MR) is 176 cm³/mol. The summed E-state index contributed by atoms with van der Waals surface area (Å²) >= 11 is 1.84. The maximum absolute atomic E-state index is 14.1. The van der Waals surface area contributed by atoms with Crippen molar-refractivity contribution in [2.24, 2.45) is 11.8 Å².